The number of carbonyl (C=O) groups is 1. The van der Waals surface area contributed by atoms with Crippen molar-refractivity contribution < 1.29 is 4.79 Å². The van der Waals surface area contributed by atoms with Crippen LogP contribution in [0.5, 0.6) is 0 Å². The fourth-order valence-corrected chi connectivity index (χ4v) is 2.72. The van der Waals surface area contributed by atoms with Crippen LogP contribution in [0.15, 0.2) is 30.9 Å². The van der Waals surface area contributed by atoms with Gasteiger partial charge in [-0.25, -0.2) is 9.97 Å². The summed E-state index contributed by atoms with van der Waals surface area (Å²) in [6, 6.07) is 1.89. The Hall–Kier alpha value is -2.50. The maximum atomic E-state index is 12.6. The van der Waals surface area contributed by atoms with E-state index in [1.54, 1.807) is 12.4 Å². The third-order valence-electron chi connectivity index (χ3n) is 3.96. The number of aromatic nitrogens is 3. The molecule has 1 amide bonds. The summed E-state index contributed by atoms with van der Waals surface area (Å²) in [5.41, 5.74) is 2.71. The number of anilines is 1. The summed E-state index contributed by atoms with van der Waals surface area (Å²) in [6.45, 7) is 6.94. The molecule has 23 heavy (non-hydrogen) atoms. The molecule has 0 radical (unpaired) electrons. The summed E-state index contributed by atoms with van der Waals surface area (Å²) in [6.07, 6.45) is 7.96. The lowest BCUT2D eigenvalue weighted by molar-refractivity contribution is 0.0766. The zero-order valence-corrected chi connectivity index (χ0v) is 13.6. The first-order valence-electron chi connectivity index (χ1n) is 7.88. The number of rotatable bonds is 2. The van der Waals surface area contributed by atoms with Crippen molar-refractivity contribution in [1.29, 1.82) is 0 Å². The first kappa shape index (κ1) is 15.4. The number of hydrogen-bond acceptors (Lipinski definition) is 5. The second-order valence-corrected chi connectivity index (χ2v) is 5.94. The lowest BCUT2D eigenvalue weighted by atomic mass is 10.2. The van der Waals surface area contributed by atoms with Crippen molar-refractivity contribution in [3.8, 4) is 0 Å². The molecule has 0 saturated carbocycles. The number of nitrogens with zero attached hydrogens (tertiary/aromatic N) is 5. The molecule has 0 spiro atoms. The van der Waals surface area contributed by atoms with E-state index in [1.165, 1.54) is 0 Å². The van der Waals surface area contributed by atoms with Gasteiger partial charge < -0.3 is 9.80 Å². The molecule has 0 N–H and O–H groups in total. The fourth-order valence-electron chi connectivity index (χ4n) is 2.72. The zero-order valence-electron chi connectivity index (χ0n) is 13.6. The minimum Gasteiger partial charge on any atom is -0.339 e. The van der Waals surface area contributed by atoms with Crippen LogP contribution in [-0.4, -0.2) is 51.9 Å². The van der Waals surface area contributed by atoms with Crippen LogP contribution in [0.2, 0.25) is 0 Å². The second-order valence-electron chi connectivity index (χ2n) is 5.94. The number of carbonyl (C=O) groups excluding carboxylic acids is 1. The van der Waals surface area contributed by atoms with E-state index in [-0.39, 0.29) is 5.91 Å². The highest BCUT2D eigenvalue weighted by Gasteiger charge is 2.21. The average Bonchev–Trinajstić information content (AvgIpc) is 2.81. The molecule has 2 aromatic rings. The average molecular weight is 311 g/mol. The fraction of sp³-hybridized carbons (Fsp3) is 0.412. The highest BCUT2D eigenvalue weighted by Crippen LogP contribution is 2.13. The maximum absolute atomic E-state index is 12.6. The monoisotopic (exact) mass is 311 g/mol. The molecule has 0 atom stereocenters. The number of amides is 1. The van der Waals surface area contributed by atoms with Gasteiger partial charge in [0.1, 0.15) is 0 Å². The second kappa shape index (κ2) is 6.73. The third-order valence-corrected chi connectivity index (χ3v) is 3.96. The van der Waals surface area contributed by atoms with Crippen LogP contribution in [0.3, 0.4) is 0 Å². The van der Waals surface area contributed by atoms with Crippen LogP contribution in [0.4, 0.5) is 5.95 Å². The van der Waals surface area contributed by atoms with Crippen LogP contribution in [0.1, 0.15) is 27.9 Å². The van der Waals surface area contributed by atoms with Crippen molar-refractivity contribution in [1.82, 2.24) is 19.9 Å². The van der Waals surface area contributed by atoms with Gasteiger partial charge in [0.2, 0.25) is 5.95 Å². The standard InChI is InChI=1S/C17H21N5O/c1-13-8-15(12-18-9-13)16(23)21-4-3-5-22(7-6-21)17-19-10-14(2)11-20-17/h8-12H,3-7H2,1-2H3. The normalized spacial score (nSPS) is 15.4. The minimum atomic E-state index is 0.0490. The number of aryl methyl sites for hydroxylation is 2. The highest BCUT2D eigenvalue weighted by atomic mass is 16.2. The number of hydrogen-bond donors (Lipinski definition) is 0. The molecular weight excluding hydrogens is 290 g/mol. The maximum Gasteiger partial charge on any atom is 0.255 e. The molecule has 1 saturated heterocycles. The van der Waals surface area contributed by atoms with Crippen LogP contribution >= 0.6 is 0 Å². The Balaban J connectivity index is 1.68. The van der Waals surface area contributed by atoms with Crippen molar-refractivity contribution in [2.75, 3.05) is 31.1 Å². The molecule has 6 heteroatoms. The topological polar surface area (TPSA) is 62.2 Å². The van der Waals surface area contributed by atoms with Gasteiger partial charge in [0.05, 0.1) is 5.56 Å². The molecule has 0 bridgehead atoms. The molecule has 1 fully saturated rings. The molecule has 2 aromatic heterocycles. The molecular formula is C17H21N5O. The molecule has 0 aromatic carbocycles. The minimum absolute atomic E-state index is 0.0490. The summed E-state index contributed by atoms with van der Waals surface area (Å²) in [4.78, 5) is 29.5. The largest absolute Gasteiger partial charge is 0.339 e. The molecule has 0 aliphatic carbocycles. The Kier molecular flexibility index (Phi) is 4.50. The third kappa shape index (κ3) is 3.64. The molecule has 1 aliphatic rings. The molecule has 120 valence electrons. The summed E-state index contributed by atoms with van der Waals surface area (Å²) < 4.78 is 0. The van der Waals surface area contributed by atoms with E-state index in [0.717, 1.165) is 43.1 Å². The molecule has 1 aliphatic heterocycles. The molecule has 6 nitrogen and oxygen atoms in total. The Morgan fingerprint density at radius 3 is 2.48 bits per heavy atom. The van der Waals surface area contributed by atoms with Gasteiger partial charge >= 0.3 is 0 Å². The Labute approximate surface area is 136 Å². The predicted octanol–water partition coefficient (Wildman–Crippen LogP) is 1.84. The smallest absolute Gasteiger partial charge is 0.255 e. The van der Waals surface area contributed by atoms with Gasteiger partial charge in [0.25, 0.3) is 5.91 Å². The van der Waals surface area contributed by atoms with Gasteiger partial charge in [-0.3, -0.25) is 9.78 Å². The van der Waals surface area contributed by atoms with Crippen LogP contribution in [0, 0.1) is 13.8 Å². The van der Waals surface area contributed by atoms with Crippen molar-refractivity contribution >= 4 is 11.9 Å². The summed E-state index contributed by atoms with van der Waals surface area (Å²) >= 11 is 0. The van der Waals surface area contributed by atoms with Crippen molar-refractivity contribution in [2.24, 2.45) is 0 Å². The summed E-state index contributed by atoms with van der Waals surface area (Å²) in [5.74, 6) is 0.787. The van der Waals surface area contributed by atoms with Gasteiger partial charge in [-0.05, 0) is 37.5 Å². The Morgan fingerprint density at radius 2 is 1.74 bits per heavy atom. The van der Waals surface area contributed by atoms with Gasteiger partial charge in [-0.1, -0.05) is 0 Å². The SMILES string of the molecule is Cc1cnc(N2CCCN(C(=O)c3cncc(C)c3)CC2)nc1. The predicted molar refractivity (Wildman–Crippen MR) is 88.5 cm³/mol. The van der Waals surface area contributed by atoms with E-state index < -0.39 is 0 Å². The Morgan fingerprint density at radius 1 is 0.957 bits per heavy atom. The van der Waals surface area contributed by atoms with Gasteiger partial charge in [-0.2, -0.15) is 0 Å². The van der Waals surface area contributed by atoms with E-state index in [4.69, 9.17) is 0 Å². The van der Waals surface area contributed by atoms with Crippen LogP contribution < -0.4 is 4.90 Å². The molecule has 3 rings (SSSR count). The highest BCUT2D eigenvalue weighted by molar-refractivity contribution is 5.94. The first-order chi connectivity index (χ1) is 11.1. The number of pyridine rings is 1. The quantitative estimate of drug-likeness (QED) is 0.847. The van der Waals surface area contributed by atoms with Gasteiger partial charge in [-0.15, -0.1) is 0 Å². The van der Waals surface area contributed by atoms with E-state index in [2.05, 4.69) is 19.9 Å². The summed E-state index contributed by atoms with van der Waals surface area (Å²) in [7, 11) is 0. The van der Waals surface area contributed by atoms with Crippen LogP contribution in [-0.2, 0) is 0 Å². The van der Waals surface area contributed by atoms with Gasteiger partial charge in [0.15, 0.2) is 0 Å². The van der Waals surface area contributed by atoms with Crippen LogP contribution in [0.25, 0.3) is 0 Å². The van der Waals surface area contributed by atoms with Crippen molar-refractivity contribution in [3.63, 3.8) is 0 Å². The van der Waals surface area contributed by atoms with Crippen molar-refractivity contribution in [2.45, 2.75) is 20.3 Å². The van der Waals surface area contributed by atoms with E-state index >= 15 is 0 Å². The van der Waals surface area contributed by atoms with Gasteiger partial charge in [0, 0.05) is 51.0 Å². The van der Waals surface area contributed by atoms with E-state index in [0.29, 0.717) is 12.1 Å². The van der Waals surface area contributed by atoms with E-state index in [1.807, 2.05) is 37.2 Å². The zero-order chi connectivity index (χ0) is 16.2. The lowest BCUT2D eigenvalue weighted by Gasteiger charge is -2.22. The Bertz CT molecular complexity index is 686. The lowest BCUT2D eigenvalue weighted by Crippen LogP contribution is -2.35. The van der Waals surface area contributed by atoms with Crippen molar-refractivity contribution in [3.05, 3.63) is 47.5 Å². The summed E-state index contributed by atoms with van der Waals surface area (Å²) in [5, 5.41) is 0. The molecule has 3 heterocycles. The first-order valence-corrected chi connectivity index (χ1v) is 7.88. The van der Waals surface area contributed by atoms with E-state index in [9.17, 15) is 4.79 Å². The molecule has 0 unspecified atom stereocenters.